The van der Waals surface area contributed by atoms with Crippen molar-refractivity contribution in [1.82, 2.24) is 21.8 Å². The molecule has 12 nitrogen and oxygen atoms in total. The first-order valence-electron chi connectivity index (χ1n) is 7.30. The average molecular weight is 358 g/mol. The van der Waals surface area contributed by atoms with Crippen molar-refractivity contribution in [2.75, 3.05) is 10.1 Å². The summed E-state index contributed by atoms with van der Waals surface area (Å²) in [6.07, 6.45) is 0. The molecule has 0 saturated carbocycles. The van der Waals surface area contributed by atoms with Gasteiger partial charge in [-0.2, -0.15) is 15.7 Å². The number of carbonyl (C=O) groups excluding carboxylic acids is 2. The summed E-state index contributed by atoms with van der Waals surface area (Å²) in [7, 11) is 0. The fourth-order valence-electron chi connectivity index (χ4n) is 1.91. The van der Waals surface area contributed by atoms with Gasteiger partial charge in [0.2, 0.25) is 0 Å². The molecule has 0 spiro atoms. The van der Waals surface area contributed by atoms with E-state index in [1.54, 1.807) is 54.6 Å². The van der Waals surface area contributed by atoms with Crippen LogP contribution < -0.4 is 43.6 Å². The molecule has 0 radical (unpaired) electrons. The summed E-state index contributed by atoms with van der Waals surface area (Å²) < 4.78 is 0. The molecule has 0 aromatic heterocycles. The minimum absolute atomic E-state index is 0.495. The zero-order chi connectivity index (χ0) is 18.8. The summed E-state index contributed by atoms with van der Waals surface area (Å²) >= 11 is 0. The van der Waals surface area contributed by atoms with Gasteiger partial charge in [0.1, 0.15) is 0 Å². The van der Waals surface area contributed by atoms with Gasteiger partial charge in [-0.1, -0.05) is 36.4 Å². The zero-order valence-electron chi connectivity index (χ0n) is 13.5. The number of rotatable bonds is 6. The number of urea groups is 2. The molecule has 12 heteroatoms. The number of hydrogen-bond donors (Lipinski definition) is 6. The molecule has 0 atom stereocenters. The Balaban J connectivity index is 2.33. The van der Waals surface area contributed by atoms with Crippen LogP contribution in [-0.2, 0) is 0 Å². The number of hydrogen-bond acceptors (Lipinski definition) is 7. The van der Waals surface area contributed by atoms with Gasteiger partial charge in [0.15, 0.2) is 0 Å². The lowest BCUT2D eigenvalue weighted by Gasteiger charge is -2.33. The van der Waals surface area contributed by atoms with E-state index >= 15 is 0 Å². The van der Waals surface area contributed by atoms with Crippen LogP contribution >= 0.6 is 0 Å². The van der Waals surface area contributed by atoms with Crippen molar-refractivity contribution in [3.05, 3.63) is 60.7 Å². The van der Waals surface area contributed by atoms with Gasteiger partial charge in [0.25, 0.3) is 0 Å². The highest BCUT2D eigenvalue weighted by molar-refractivity contribution is 5.94. The Kier molecular flexibility index (Phi) is 6.67. The van der Waals surface area contributed by atoms with Crippen molar-refractivity contribution >= 4 is 23.4 Å². The van der Waals surface area contributed by atoms with Crippen molar-refractivity contribution in [3.63, 3.8) is 0 Å². The summed E-state index contributed by atoms with van der Waals surface area (Å²) in [6, 6.07) is 16.1. The van der Waals surface area contributed by atoms with Crippen LogP contribution in [0.4, 0.5) is 21.0 Å². The molecule has 4 amide bonds. The standard InChI is InChI=1S/C14H18N10O2/c15-17-13(25)19-20-21-22-24(12-9-5-2-6-10-12)23(14(26)18-16)11-7-3-1-4-8-11/h1-10H,15-16H2,(H,18,26)(H,20,22)(H2,17,19,21,25). The van der Waals surface area contributed by atoms with Gasteiger partial charge < -0.3 is 0 Å². The van der Waals surface area contributed by atoms with E-state index in [-0.39, 0.29) is 0 Å². The minimum Gasteiger partial charge on any atom is -0.274 e. The molecule has 0 unspecified atom stereocenters. The highest BCUT2D eigenvalue weighted by Gasteiger charge is 2.23. The number of amides is 4. The zero-order valence-corrected chi connectivity index (χ0v) is 13.5. The Hall–Kier alpha value is -3.90. The number of para-hydroxylation sites is 2. The number of anilines is 2. The Labute approximate surface area is 148 Å². The molecule has 0 aliphatic heterocycles. The Morgan fingerprint density at radius 3 is 1.92 bits per heavy atom. The predicted molar refractivity (Wildman–Crippen MR) is 94.4 cm³/mol. The second-order valence-corrected chi connectivity index (χ2v) is 4.63. The molecular weight excluding hydrogens is 340 g/mol. The number of nitrogens with one attached hydrogen (secondary N) is 4. The largest absolute Gasteiger partial charge is 0.356 e. The Morgan fingerprint density at radius 2 is 1.38 bits per heavy atom. The van der Waals surface area contributed by atoms with Gasteiger partial charge in [-0.25, -0.2) is 26.7 Å². The van der Waals surface area contributed by atoms with Crippen LogP contribution in [0.1, 0.15) is 0 Å². The molecular formula is C14H18N10O2. The lowest BCUT2D eigenvalue weighted by Crippen LogP contribution is -2.57. The average Bonchev–Trinajstić information content (AvgIpc) is 2.70. The van der Waals surface area contributed by atoms with Gasteiger partial charge >= 0.3 is 12.1 Å². The first-order chi connectivity index (χ1) is 12.7. The van der Waals surface area contributed by atoms with E-state index in [0.717, 1.165) is 0 Å². The normalized spacial score (nSPS) is 10.1. The van der Waals surface area contributed by atoms with E-state index in [0.29, 0.717) is 11.4 Å². The lowest BCUT2D eigenvalue weighted by atomic mass is 10.3. The third-order valence-corrected chi connectivity index (χ3v) is 2.99. The highest BCUT2D eigenvalue weighted by Crippen LogP contribution is 2.21. The summed E-state index contributed by atoms with van der Waals surface area (Å²) in [5, 5.41) is 9.49. The summed E-state index contributed by atoms with van der Waals surface area (Å²) in [4.78, 5) is 23.4. The van der Waals surface area contributed by atoms with E-state index in [1.165, 1.54) is 10.1 Å². The molecule has 2 aromatic carbocycles. The van der Waals surface area contributed by atoms with Crippen molar-refractivity contribution in [1.29, 1.82) is 0 Å². The maximum atomic E-state index is 12.4. The van der Waals surface area contributed by atoms with Crippen molar-refractivity contribution in [2.24, 2.45) is 22.1 Å². The number of benzene rings is 2. The van der Waals surface area contributed by atoms with Crippen LogP contribution in [0.5, 0.6) is 0 Å². The predicted octanol–water partition coefficient (Wildman–Crippen LogP) is 0.458. The lowest BCUT2D eigenvalue weighted by molar-refractivity contribution is 0.239. The molecule has 26 heavy (non-hydrogen) atoms. The molecule has 2 aromatic rings. The highest BCUT2D eigenvalue weighted by atomic mass is 16.2. The van der Waals surface area contributed by atoms with Gasteiger partial charge in [-0.3, -0.25) is 10.9 Å². The van der Waals surface area contributed by atoms with E-state index in [4.69, 9.17) is 11.7 Å². The van der Waals surface area contributed by atoms with Gasteiger partial charge in [0, 0.05) is 0 Å². The number of hydrazine groups is 4. The monoisotopic (exact) mass is 358 g/mol. The second kappa shape index (κ2) is 9.41. The van der Waals surface area contributed by atoms with Gasteiger partial charge in [-0.15, -0.1) is 0 Å². The first-order valence-corrected chi connectivity index (χ1v) is 7.30. The van der Waals surface area contributed by atoms with Crippen LogP contribution in [0.25, 0.3) is 0 Å². The van der Waals surface area contributed by atoms with Crippen molar-refractivity contribution < 1.29 is 9.59 Å². The second-order valence-electron chi connectivity index (χ2n) is 4.63. The van der Waals surface area contributed by atoms with Gasteiger partial charge in [-0.05, 0) is 34.7 Å². The van der Waals surface area contributed by atoms with E-state index < -0.39 is 12.1 Å². The first kappa shape index (κ1) is 18.4. The number of nitrogens with zero attached hydrogens (tertiary/aromatic N) is 4. The summed E-state index contributed by atoms with van der Waals surface area (Å²) in [6.45, 7) is 0. The Morgan fingerprint density at radius 1 is 0.808 bits per heavy atom. The molecule has 0 bridgehead atoms. The molecule has 0 aliphatic rings. The third-order valence-electron chi connectivity index (χ3n) is 2.99. The molecule has 0 fully saturated rings. The maximum absolute atomic E-state index is 12.4. The van der Waals surface area contributed by atoms with Crippen LogP contribution in [0.2, 0.25) is 0 Å². The molecule has 0 heterocycles. The van der Waals surface area contributed by atoms with Crippen molar-refractivity contribution in [2.45, 2.75) is 0 Å². The minimum atomic E-state index is -0.763. The number of carbonyl (C=O) groups is 2. The van der Waals surface area contributed by atoms with Crippen molar-refractivity contribution in [3.8, 4) is 0 Å². The maximum Gasteiger partial charge on any atom is 0.356 e. The summed E-state index contributed by atoms with van der Waals surface area (Å²) in [5.41, 5.74) is 9.49. The smallest absolute Gasteiger partial charge is 0.274 e. The molecule has 0 aliphatic carbocycles. The molecule has 136 valence electrons. The summed E-state index contributed by atoms with van der Waals surface area (Å²) in [5.74, 6) is 10.2. The molecule has 2 rings (SSSR count). The van der Waals surface area contributed by atoms with Gasteiger partial charge in [0.05, 0.1) is 11.4 Å². The fourth-order valence-corrected chi connectivity index (χ4v) is 1.91. The molecule has 8 N–H and O–H groups in total. The fraction of sp³-hybridized carbons (Fsp3) is 0. The van der Waals surface area contributed by atoms with Crippen LogP contribution in [0.3, 0.4) is 0 Å². The SMILES string of the molecule is NNC(=O)NN=NNN(c1ccccc1)N(C(=O)NN)c1ccccc1. The van der Waals surface area contributed by atoms with Crippen LogP contribution in [0, 0.1) is 0 Å². The Bertz CT molecular complexity index is 740. The third kappa shape index (κ3) is 4.80. The topological polar surface area (TPSA) is 166 Å². The van der Waals surface area contributed by atoms with E-state index in [2.05, 4.69) is 21.4 Å². The quantitative estimate of drug-likeness (QED) is 0.190. The van der Waals surface area contributed by atoms with Crippen LogP contribution in [0.15, 0.2) is 71.1 Å². The van der Waals surface area contributed by atoms with E-state index in [9.17, 15) is 9.59 Å². The van der Waals surface area contributed by atoms with E-state index in [1.807, 2.05) is 16.9 Å². The molecule has 0 saturated heterocycles. The number of nitrogens with two attached hydrogens (primary N) is 2. The van der Waals surface area contributed by atoms with Crippen LogP contribution in [-0.4, -0.2) is 12.1 Å².